The standard InChI is InChI=1S/C30H40BrN3O/c1-4-9-28-26(18-19-34(24(5-2)6-3)25-10-7-8-11-25)27-20-23(16-17-29(27)33-28)32-30(35)21-12-14-22(31)15-13-21/h12-17,20,24-25,33H,4-11,18-19H2,1-3H3,(H,32,35). The van der Waals surface area contributed by atoms with E-state index in [-0.39, 0.29) is 5.91 Å². The zero-order valence-corrected chi connectivity index (χ0v) is 23.1. The predicted octanol–water partition coefficient (Wildman–Crippen LogP) is 8.11. The van der Waals surface area contributed by atoms with E-state index in [2.05, 4.69) is 64.0 Å². The number of hydrogen-bond donors (Lipinski definition) is 2. The van der Waals surface area contributed by atoms with Gasteiger partial charge >= 0.3 is 0 Å². The number of halogens is 1. The maximum atomic E-state index is 12.8. The second-order valence-electron chi connectivity index (χ2n) is 9.95. The molecule has 0 aliphatic heterocycles. The van der Waals surface area contributed by atoms with Gasteiger partial charge in [-0.15, -0.1) is 0 Å². The highest BCUT2D eigenvalue weighted by atomic mass is 79.9. The van der Waals surface area contributed by atoms with Gasteiger partial charge in [-0.1, -0.05) is 56.0 Å². The van der Waals surface area contributed by atoms with Crippen LogP contribution in [0, 0.1) is 0 Å². The second-order valence-corrected chi connectivity index (χ2v) is 10.9. The Bertz CT molecular complexity index is 1110. The fourth-order valence-corrected chi connectivity index (χ4v) is 6.10. The molecular formula is C30H40BrN3O. The highest BCUT2D eigenvalue weighted by Gasteiger charge is 2.27. The number of carbonyl (C=O) groups is 1. The van der Waals surface area contributed by atoms with Gasteiger partial charge in [0.05, 0.1) is 0 Å². The van der Waals surface area contributed by atoms with Crippen LogP contribution in [-0.4, -0.2) is 34.4 Å². The number of rotatable bonds is 11. The molecule has 1 heterocycles. The van der Waals surface area contributed by atoms with E-state index in [0.29, 0.717) is 11.6 Å². The van der Waals surface area contributed by atoms with E-state index in [9.17, 15) is 4.79 Å². The summed E-state index contributed by atoms with van der Waals surface area (Å²) < 4.78 is 0.968. The minimum absolute atomic E-state index is 0.0798. The average molecular weight is 539 g/mol. The first-order valence-electron chi connectivity index (χ1n) is 13.5. The largest absolute Gasteiger partial charge is 0.358 e. The van der Waals surface area contributed by atoms with Crippen LogP contribution in [0.3, 0.4) is 0 Å². The van der Waals surface area contributed by atoms with Crippen molar-refractivity contribution in [3.05, 3.63) is 63.8 Å². The number of fused-ring (bicyclic) bond motifs is 1. The third-order valence-electron chi connectivity index (χ3n) is 7.68. The minimum Gasteiger partial charge on any atom is -0.358 e. The number of hydrogen-bond acceptors (Lipinski definition) is 2. The van der Waals surface area contributed by atoms with Crippen molar-refractivity contribution >= 4 is 38.4 Å². The van der Waals surface area contributed by atoms with Crippen molar-refractivity contribution in [1.82, 2.24) is 9.88 Å². The van der Waals surface area contributed by atoms with Crippen LogP contribution in [0.2, 0.25) is 0 Å². The minimum atomic E-state index is -0.0798. The Morgan fingerprint density at radius 3 is 2.43 bits per heavy atom. The molecule has 35 heavy (non-hydrogen) atoms. The second kappa shape index (κ2) is 12.2. The Labute approximate surface area is 219 Å². The molecule has 1 saturated carbocycles. The van der Waals surface area contributed by atoms with Gasteiger partial charge in [0, 0.05) is 50.9 Å². The molecule has 1 aromatic heterocycles. The summed E-state index contributed by atoms with van der Waals surface area (Å²) in [5.74, 6) is -0.0798. The first-order valence-corrected chi connectivity index (χ1v) is 14.3. The topological polar surface area (TPSA) is 48.1 Å². The maximum Gasteiger partial charge on any atom is 0.255 e. The van der Waals surface area contributed by atoms with Crippen molar-refractivity contribution in [2.45, 2.75) is 90.6 Å². The van der Waals surface area contributed by atoms with Gasteiger partial charge in [0.15, 0.2) is 0 Å². The molecule has 188 valence electrons. The molecule has 1 fully saturated rings. The van der Waals surface area contributed by atoms with Gasteiger partial charge in [-0.3, -0.25) is 9.69 Å². The molecule has 0 bridgehead atoms. The Balaban J connectivity index is 1.59. The Morgan fingerprint density at radius 1 is 1.06 bits per heavy atom. The first kappa shape index (κ1) is 26.0. The van der Waals surface area contributed by atoms with E-state index in [1.807, 2.05) is 30.3 Å². The molecule has 1 aliphatic carbocycles. The molecule has 4 nitrogen and oxygen atoms in total. The molecular weight excluding hydrogens is 498 g/mol. The number of nitrogens with one attached hydrogen (secondary N) is 2. The Kier molecular flexibility index (Phi) is 9.07. The number of carbonyl (C=O) groups excluding carboxylic acids is 1. The zero-order chi connectivity index (χ0) is 24.8. The van der Waals surface area contributed by atoms with Crippen LogP contribution in [0.5, 0.6) is 0 Å². The van der Waals surface area contributed by atoms with Crippen LogP contribution in [0.15, 0.2) is 46.9 Å². The van der Waals surface area contributed by atoms with Gasteiger partial charge in [-0.2, -0.15) is 0 Å². The number of nitrogens with zero attached hydrogens (tertiary/aromatic N) is 1. The molecule has 0 radical (unpaired) electrons. The average Bonchev–Trinajstić information content (AvgIpc) is 3.51. The van der Waals surface area contributed by atoms with Crippen LogP contribution in [0.25, 0.3) is 10.9 Å². The van der Waals surface area contributed by atoms with Crippen molar-refractivity contribution in [2.24, 2.45) is 0 Å². The smallest absolute Gasteiger partial charge is 0.255 e. The number of anilines is 1. The number of aryl methyl sites for hydroxylation is 1. The lowest BCUT2D eigenvalue weighted by Crippen LogP contribution is -2.42. The fourth-order valence-electron chi connectivity index (χ4n) is 5.83. The van der Waals surface area contributed by atoms with Gasteiger partial charge < -0.3 is 10.3 Å². The quantitative estimate of drug-likeness (QED) is 0.259. The van der Waals surface area contributed by atoms with Crippen LogP contribution in [0.4, 0.5) is 5.69 Å². The maximum absolute atomic E-state index is 12.8. The van der Waals surface area contributed by atoms with Crippen LogP contribution < -0.4 is 5.32 Å². The van der Waals surface area contributed by atoms with E-state index in [0.717, 1.165) is 42.0 Å². The van der Waals surface area contributed by atoms with Crippen molar-refractivity contribution < 1.29 is 4.79 Å². The number of aromatic nitrogens is 1. The third kappa shape index (κ3) is 6.18. The van der Waals surface area contributed by atoms with Crippen molar-refractivity contribution in [3.8, 4) is 0 Å². The van der Waals surface area contributed by atoms with Crippen molar-refractivity contribution in [1.29, 1.82) is 0 Å². The number of benzene rings is 2. The summed E-state index contributed by atoms with van der Waals surface area (Å²) >= 11 is 3.44. The third-order valence-corrected chi connectivity index (χ3v) is 8.21. The van der Waals surface area contributed by atoms with Gasteiger partial charge in [-0.25, -0.2) is 0 Å². The van der Waals surface area contributed by atoms with Crippen LogP contribution in [0.1, 0.15) is 87.3 Å². The molecule has 2 N–H and O–H groups in total. The molecule has 1 aliphatic rings. The molecule has 4 rings (SSSR count). The number of H-pyrrole nitrogens is 1. The van der Waals surface area contributed by atoms with Crippen LogP contribution in [-0.2, 0) is 12.8 Å². The molecule has 3 aromatic rings. The van der Waals surface area contributed by atoms with Gasteiger partial charge in [0.25, 0.3) is 5.91 Å². The Hall–Kier alpha value is -2.11. The number of amides is 1. The van der Waals surface area contributed by atoms with E-state index < -0.39 is 0 Å². The molecule has 1 amide bonds. The molecule has 2 aromatic carbocycles. The summed E-state index contributed by atoms with van der Waals surface area (Å²) in [5.41, 5.74) is 5.46. The molecule has 0 spiro atoms. The van der Waals surface area contributed by atoms with E-state index in [4.69, 9.17) is 0 Å². The lowest BCUT2D eigenvalue weighted by molar-refractivity contribution is 0.102. The summed E-state index contributed by atoms with van der Waals surface area (Å²) in [6, 6.07) is 15.2. The summed E-state index contributed by atoms with van der Waals surface area (Å²) in [4.78, 5) is 19.3. The number of aromatic amines is 1. The monoisotopic (exact) mass is 537 g/mol. The van der Waals surface area contributed by atoms with Crippen molar-refractivity contribution in [2.75, 3.05) is 11.9 Å². The SMILES string of the molecule is CCCc1[nH]c2ccc(NC(=O)c3ccc(Br)cc3)cc2c1CCN(C(CC)CC)C1CCCC1. The normalized spacial score (nSPS) is 14.5. The molecule has 0 atom stereocenters. The molecule has 0 unspecified atom stereocenters. The Morgan fingerprint density at radius 2 is 1.77 bits per heavy atom. The van der Waals surface area contributed by atoms with Crippen molar-refractivity contribution in [3.63, 3.8) is 0 Å². The summed E-state index contributed by atoms with van der Waals surface area (Å²) in [6.45, 7) is 8.03. The molecule has 5 heteroatoms. The van der Waals surface area contributed by atoms with E-state index in [1.165, 1.54) is 60.7 Å². The van der Waals surface area contributed by atoms with Gasteiger partial charge in [0.1, 0.15) is 0 Å². The highest BCUT2D eigenvalue weighted by Crippen LogP contribution is 2.31. The molecule has 0 saturated heterocycles. The summed E-state index contributed by atoms with van der Waals surface area (Å²) in [7, 11) is 0. The van der Waals surface area contributed by atoms with Crippen LogP contribution >= 0.6 is 15.9 Å². The lowest BCUT2D eigenvalue weighted by Gasteiger charge is -2.36. The zero-order valence-electron chi connectivity index (χ0n) is 21.5. The van der Waals surface area contributed by atoms with E-state index in [1.54, 1.807) is 0 Å². The fraction of sp³-hybridized carbons (Fsp3) is 0.500. The predicted molar refractivity (Wildman–Crippen MR) is 151 cm³/mol. The lowest BCUT2D eigenvalue weighted by atomic mass is 10.0. The van der Waals surface area contributed by atoms with E-state index >= 15 is 0 Å². The first-order chi connectivity index (χ1) is 17.0. The van der Waals surface area contributed by atoms with Gasteiger partial charge in [-0.05, 0) is 86.6 Å². The summed E-state index contributed by atoms with van der Waals surface area (Å²) in [6.07, 6.45) is 11.1. The highest BCUT2D eigenvalue weighted by molar-refractivity contribution is 9.10. The van der Waals surface area contributed by atoms with Gasteiger partial charge in [0.2, 0.25) is 0 Å². The summed E-state index contributed by atoms with van der Waals surface area (Å²) in [5, 5.41) is 4.35.